The first-order valence-electron chi connectivity index (χ1n) is 4.87. The zero-order valence-corrected chi connectivity index (χ0v) is 10.7. The molecule has 1 rings (SSSR count). The molecule has 0 aliphatic heterocycles. The fourth-order valence-electron chi connectivity index (χ4n) is 1.20. The van der Waals surface area contributed by atoms with E-state index in [2.05, 4.69) is 30.8 Å². The van der Waals surface area contributed by atoms with Crippen molar-refractivity contribution in [2.24, 2.45) is 0 Å². The molecule has 4 nitrogen and oxygen atoms in total. The Kier molecular flexibility index (Phi) is 5.57. The van der Waals surface area contributed by atoms with Gasteiger partial charge in [0.1, 0.15) is 0 Å². The van der Waals surface area contributed by atoms with Crippen LogP contribution in [-0.2, 0) is 4.74 Å². The predicted octanol–water partition coefficient (Wildman–Crippen LogP) is 1.63. The lowest BCUT2D eigenvalue weighted by atomic mass is 10.4. The van der Waals surface area contributed by atoms with Gasteiger partial charge in [0.05, 0.1) is 6.61 Å². The van der Waals surface area contributed by atoms with Gasteiger partial charge in [0.15, 0.2) is 0 Å². The predicted molar refractivity (Wildman–Crippen MR) is 64.7 cm³/mol. The zero-order chi connectivity index (χ0) is 11.1. The maximum atomic E-state index is 5.06. The third-order valence-corrected chi connectivity index (χ3v) is 2.34. The van der Waals surface area contributed by atoms with Crippen LogP contribution in [0.2, 0.25) is 0 Å². The SMILES string of the molecule is COCCN(CCBr)c1nccc(C)n1. The summed E-state index contributed by atoms with van der Waals surface area (Å²) in [7, 11) is 1.70. The van der Waals surface area contributed by atoms with Crippen molar-refractivity contribution in [3.63, 3.8) is 0 Å². The van der Waals surface area contributed by atoms with Gasteiger partial charge in [-0.2, -0.15) is 0 Å². The van der Waals surface area contributed by atoms with E-state index >= 15 is 0 Å². The third kappa shape index (κ3) is 4.13. The van der Waals surface area contributed by atoms with Crippen molar-refractivity contribution in [2.75, 3.05) is 37.0 Å². The number of aromatic nitrogens is 2. The lowest BCUT2D eigenvalue weighted by Gasteiger charge is -2.21. The zero-order valence-electron chi connectivity index (χ0n) is 9.11. The fraction of sp³-hybridized carbons (Fsp3) is 0.600. The summed E-state index contributed by atoms with van der Waals surface area (Å²) in [5.41, 5.74) is 0.983. The molecule has 0 bridgehead atoms. The highest BCUT2D eigenvalue weighted by Crippen LogP contribution is 2.07. The highest BCUT2D eigenvalue weighted by molar-refractivity contribution is 9.09. The molecule has 0 radical (unpaired) electrons. The Bertz CT molecular complexity index is 296. The molecule has 0 fully saturated rings. The van der Waals surface area contributed by atoms with E-state index in [-0.39, 0.29) is 0 Å². The number of anilines is 1. The van der Waals surface area contributed by atoms with Crippen molar-refractivity contribution in [3.8, 4) is 0 Å². The highest BCUT2D eigenvalue weighted by atomic mass is 79.9. The van der Waals surface area contributed by atoms with Gasteiger partial charge in [0, 0.05) is 37.4 Å². The smallest absolute Gasteiger partial charge is 0.225 e. The average Bonchev–Trinajstić information content (AvgIpc) is 2.24. The normalized spacial score (nSPS) is 10.3. The van der Waals surface area contributed by atoms with Crippen molar-refractivity contribution in [1.29, 1.82) is 0 Å². The molecule has 0 aliphatic rings. The molecular weight excluding hydrogens is 258 g/mol. The molecule has 1 aromatic rings. The van der Waals surface area contributed by atoms with Crippen LogP contribution in [-0.4, -0.2) is 42.1 Å². The van der Waals surface area contributed by atoms with Gasteiger partial charge in [-0.3, -0.25) is 0 Å². The van der Waals surface area contributed by atoms with Gasteiger partial charge in [-0.05, 0) is 13.0 Å². The lowest BCUT2D eigenvalue weighted by Crippen LogP contribution is -2.30. The second kappa shape index (κ2) is 6.74. The van der Waals surface area contributed by atoms with Crippen molar-refractivity contribution < 1.29 is 4.74 Å². The van der Waals surface area contributed by atoms with Crippen LogP contribution in [0.25, 0.3) is 0 Å². The maximum absolute atomic E-state index is 5.06. The van der Waals surface area contributed by atoms with Crippen LogP contribution in [0, 0.1) is 6.92 Å². The van der Waals surface area contributed by atoms with Gasteiger partial charge in [0.25, 0.3) is 0 Å². The number of ether oxygens (including phenoxy) is 1. The lowest BCUT2D eigenvalue weighted by molar-refractivity contribution is 0.205. The first kappa shape index (κ1) is 12.4. The van der Waals surface area contributed by atoms with E-state index in [1.165, 1.54) is 0 Å². The molecule has 5 heteroatoms. The number of methoxy groups -OCH3 is 1. The van der Waals surface area contributed by atoms with Gasteiger partial charge in [-0.15, -0.1) is 0 Å². The Balaban J connectivity index is 2.69. The van der Waals surface area contributed by atoms with E-state index in [9.17, 15) is 0 Å². The number of aryl methyl sites for hydroxylation is 1. The monoisotopic (exact) mass is 273 g/mol. The van der Waals surface area contributed by atoms with E-state index in [0.29, 0.717) is 6.61 Å². The Morgan fingerprint density at radius 1 is 1.47 bits per heavy atom. The number of hydrogen-bond acceptors (Lipinski definition) is 4. The molecule has 0 aliphatic carbocycles. The average molecular weight is 274 g/mol. The summed E-state index contributed by atoms with van der Waals surface area (Å²) in [5.74, 6) is 0.770. The van der Waals surface area contributed by atoms with E-state index in [0.717, 1.165) is 30.1 Å². The first-order chi connectivity index (χ1) is 7.27. The van der Waals surface area contributed by atoms with E-state index in [1.54, 1.807) is 13.3 Å². The maximum Gasteiger partial charge on any atom is 0.225 e. The minimum Gasteiger partial charge on any atom is -0.383 e. The minimum absolute atomic E-state index is 0.685. The molecule has 1 aromatic heterocycles. The van der Waals surface area contributed by atoms with Crippen molar-refractivity contribution in [1.82, 2.24) is 9.97 Å². The van der Waals surface area contributed by atoms with E-state index in [4.69, 9.17) is 4.74 Å². The Hall–Kier alpha value is -0.680. The number of halogens is 1. The second-order valence-corrected chi connectivity index (χ2v) is 3.96. The third-order valence-electron chi connectivity index (χ3n) is 1.98. The highest BCUT2D eigenvalue weighted by Gasteiger charge is 2.07. The molecule has 0 saturated heterocycles. The summed E-state index contributed by atoms with van der Waals surface area (Å²) in [6.45, 7) is 4.34. The Morgan fingerprint density at radius 2 is 2.27 bits per heavy atom. The summed E-state index contributed by atoms with van der Waals surface area (Å²) in [6.07, 6.45) is 1.78. The molecule has 0 amide bonds. The second-order valence-electron chi connectivity index (χ2n) is 3.17. The van der Waals surface area contributed by atoms with Crippen molar-refractivity contribution >= 4 is 21.9 Å². The van der Waals surface area contributed by atoms with Gasteiger partial charge >= 0.3 is 0 Å². The quantitative estimate of drug-likeness (QED) is 0.739. The number of hydrogen-bond donors (Lipinski definition) is 0. The Labute approximate surface area is 98.8 Å². The van der Waals surface area contributed by atoms with Crippen LogP contribution in [0.4, 0.5) is 5.95 Å². The molecule has 0 saturated carbocycles. The number of rotatable bonds is 6. The van der Waals surface area contributed by atoms with Crippen LogP contribution in [0.15, 0.2) is 12.3 Å². The number of nitrogens with zero attached hydrogens (tertiary/aromatic N) is 3. The number of alkyl halides is 1. The molecule has 0 aromatic carbocycles. The summed E-state index contributed by atoms with van der Waals surface area (Å²) in [6, 6.07) is 1.89. The summed E-state index contributed by atoms with van der Waals surface area (Å²) in [5, 5.41) is 0.897. The van der Waals surface area contributed by atoms with Gasteiger partial charge in [-0.25, -0.2) is 9.97 Å². The van der Waals surface area contributed by atoms with Crippen molar-refractivity contribution in [3.05, 3.63) is 18.0 Å². The molecule has 0 N–H and O–H groups in total. The van der Waals surface area contributed by atoms with Crippen LogP contribution < -0.4 is 4.90 Å². The van der Waals surface area contributed by atoms with Crippen LogP contribution in [0.3, 0.4) is 0 Å². The first-order valence-corrected chi connectivity index (χ1v) is 5.99. The summed E-state index contributed by atoms with van der Waals surface area (Å²) in [4.78, 5) is 10.7. The van der Waals surface area contributed by atoms with Crippen LogP contribution in [0.5, 0.6) is 0 Å². The van der Waals surface area contributed by atoms with Crippen LogP contribution >= 0.6 is 15.9 Å². The largest absolute Gasteiger partial charge is 0.383 e. The molecular formula is C10H16BrN3O. The minimum atomic E-state index is 0.685. The Morgan fingerprint density at radius 3 is 2.87 bits per heavy atom. The standard InChI is InChI=1S/C10H16BrN3O/c1-9-3-5-12-10(13-9)14(6-4-11)7-8-15-2/h3,5H,4,6-8H2,1-2H3. The van der Waals surface area contributed by atoms with E-state index < -0.39 is 0 Å². The van der Waals surface area contributed by atoms with Crippen LogP contribution in [0.1, 0.15) is 5.69 Å². The molecule has 0 spiro atoms. The summed E-state index contributed by atoms with van der Waals surface area (Å²) >= 11 is 3.42. The summed E-state index contributed by atoms with van der Waals surface area (Å²) < 4.78 is 5.06. The topological polar surface area (TPSA) is 38.2 Å². The van der Waals surface area contributed by atoms with Crippen molar-refractivity contribution in [2.45, 2.75) is 6.92 Å². The van der Waals surface area contributed by atoms with Gasteiger partial charge < -0.3 is 9.64 Å². The van der Waals surface area contributed by atoms with Gasteiger partial charge in [0.2, 0.25) is 5.95 Å². The molecule has 15 heavy (non-hydrogen) atoms. The van der Waals surface area contributed by atoms with Gasteiger partial charge in [-0.1, -0.05) is 15.9 Å². The fourth-order valence-corrected chi connectivity index (χ4v) is 1.63. The molecule has 0 atom stereocenters. The van der Waals surface area contributed by atoms with E-state index in [1.807, 2.05) is 13.0 Å². The molecule has 84 valence electrons. The molecule has 0 unspecified atom stereocenters. The molecule has 1 heterocycles.